The summed E-state index contributed by atoms with van der Waals surface area (Å²) < 4.78 is 5.23. The first-order chi connectivity index (χ1) is 9.19. The molecule has 4 heteroatoms. The van der Waals surface area contributed by atoms with Crippen LogP contribution in [-0.4, -0.2) is 10.1 Å². The molecule has 1 atom stereocenters. The first-order valence-electron chi connectivity index (χ1n) is 6.71. The fourth-order valence-corrected chi connectivity index (χ4v) is 2.19. The van der Waals surface area contributed by atoms with E-state index < -0.39 is 0 Å². The molecule has 0 N–H and O–H groups in total. The van der Waals surface area contributed by atoms with Gasteiger partial charge in [0.05, 0.1) is 5.38 Å². The predicted octanol–water partition coefficient (Wildman–Crippen LogP) is 4.24. The van der Waals surface area contributed by atoms with Gasteiger partial charge in [-0.25, -0.2) is 0 Å². The second-order valence-corrected chi connectivity index (χ2v) is 5.31. The number of aryl methyl sites for hydroxylation is 3. The molecule has 102 valence electrons. The molecule has 19 heavy (non-hydrogen) atoms. The van der Waals surface area contributed by atoms with Gasteiger partial charge in [0.25, 0.3) is 0 Å². The van der Waals surface area contributed by atoms with Gasteiger partial charge in [-0.2, -0.15) is 4.98 Å². The van der Waals surface area contributed by atoms with Gasteiger partial charge < -0.3 is 4.52 Å². The Morgan fingerprint density at radius 3 is 2.63 bits per heavy atom. The molecule has 0 saturated heterocycles. The minimum Gasteiger partial charge on any atom is -0.339 e. The molecule has 1 aromatic carbocycles. The first kappa shape index (κ1) is 14.1. The van der Waals surface area contributed by atoms with Crippen molar-refractivity contribution >= 4 is 11.6 Å². The van der Waals surface area contributed by atoms with Gasteiger partial charge in [-0.05, 0) is 25.3 Å². The van der Waals surface area contributed by atoms with E-state index in [1.54, 1.807) is 0 Å². The highest BCUT2D eigenvalue weighted by Crippen LogP contribution is 2.22. The van der Waals surface area contributed by atoms with Crippen LogP contribution in [0.4, 0.5) is 0 Å². The van der Waals surface area contributed by atoms with Crippen molar-refractivity contribution in [2.45, 2.75) is 44.9 Å². The Balaban J connectivity index is 1.91. The third-order valence-electron chi connectivity index (χ3n) is 3.05. The van der Waals surface area contributed by atoms with E-state index in [9.17, 15) is 0 Å². The number of aromatic nitrogens is 2. The van der Waals surface area contributed by atoms with Gasteiger partial charge in [0.15, 0.2) is 5.82 Å². The molecule has 0 bridgehead atoms. The molecular weight excluding hydrogens is 260 g/mol. The minimum absolute atomic E-state index is 0.137. The third-order valence-corrected chi connectivity index (χ3v) is 3.47. The fraction of sp³-hybridized carbons (Fsp3) is 0.467. The topological polar surface area (TPSA) is 38.9 Å². The minimum atomic E-state index is -0.137. The van der Waals surface area contributed by atoms with Gasteiger partial charge in [0, 0.05) is 6.42 Å². The van der Waals surface area contributed by atoms with Crippen LogP contribution in [0.1, 0.15) is 48.0 Å². The SMILES string of the molecule is CCCC(Cl)c1noc(CCc2ccc(C)cc2)n1. The number of hydrogen-bond acceptors (Lipinski definition) is 3. The average molecular weight is 279 g/mol. The zero-order chi connectivity index (χ0) is 13.7. The van der Waals surface area contributed by atoms with Crippen LogP contribution in [0.3, 0.4) is 0 Å². The van der Waals surface area contributed by atoms with E-state index in [4.69, 9.17) is 16.1 Å². The summed E-state index contributed by atoms with van der Waals surface area (Å²) >= 11 is 6.17. The van der Waals surface area contributed by atoms with Crippen molar-refractivity contribution in [2.75, 3.05) is 0 Å². The summed E-state index contributed by atoms with van der Waals surface area (Å²) in [5, 5.41) is 3.81. The highest BCUT2D eigenvalue weighted by atomic mass is 35.5. The number of hydrogen-bond donors (Lipinski definition) is 0. The lowest BCUT2D eigenvalue weighted by molar-refractivity contribution is 0.372. The average Bonchev–Trinajstić information content (AvgIpc) is 2.87. The van der Waals surface area contributed by atoms with Crippen LogP contribution < -0.4 is 0 Å². The largest absolute Gasteiger partial charge is 0.339 e. The van der Waals surface area contributed by atoms with Crippen LogP contribution in [0.5, 0.6) is 0 Å². The molecule has 1 heterocycles. The molecule has 1 aromatic heterocycles. The maximum Gasteiger partial charge on any atom is 0.227 e. The molecule has 0 saturated carbocycles. The molecule has 0 aliphatic rings. The van der Waals surface area contributed by atoms with Gasteiger partial charge >= 0.3 is 0 Å². The van der Waals surface area contributed by atoms with Crippen LogP contribution in [0.25, 0.3) is 0 Å². The van der Waals surface area contributed by atoms with Crippen molar-refractivity contribution in [2.24, 2.45) is 0 Å². The lowest BCUT2D eigenvalue weighted by Crippen LogP contribution is -1.95. The summed E-state index contributed by atoms with van der Waals surface area (Å²) in [4.78, 5) is 4.35. The van der Waals surface area contributed by atoms with Crippen molar-refractivity contribution in [1.29, 1.82) is 0 Å². The standard InChI is InChI=1S/C15H19ClN2O/c1-3-4-13(16)15-17-14(19-18-15)10-9-12-7-5-11(2)6-8-12/h5-8,13H,3-4,9-10H2,1-2H3. The van der Waals surface area contributed by atoms with Crippen LogP contribution >= 0.6 is 11.6 Å². The van der Waals surface area contributed by atoms with Gasteiger partial charge in [0.2, 0.25) is 5.89 Å². The summed E-state index contributed by atoms with van der Waals surface area (Å²) in [6.07, 6.45) is 3.55. The van der Waals surface area contributed by atoms with E-state index in [-0.39, 0.29) is 5.38 Å². The molecule has 0 radical (unpaired) electrons. The normalized spacial score (nSPS) is 12.6. The Labute approximate surface area is 119 Å². The first-order valence-corrected chi connectivity index (χ1v) is 7.14. The number of nitrogens with zero attached hydrogens (tertiary/aromatic N) is 2. The predicted molar refractivity (Wildman–Crippen MR) is 76.4 cm³/mol. The van der Waals surface area contributed by atoms with Crippen LogP contribution in [0.2, 0.25) is 0 Å². The third kappa shape index (κ3) is 4.06. The summed E-state index contributed by atoms with van der Waals surface area (Å²) in [5.74, 6) is 1.28. The molecule has 0 aliphatic carbocycles. The number of benzene rings is 1. The van der Waals surface area contributed by atoms with E-state index in [0.717, 1.165) is 25.7 Å². The molecule has 2 aromatic rings. The Hall–Kier alpha value is -1.35. The van der Waals surface area contributed by atoms with E-state index in [1.165, 1.54) is 11.1 Å². The lowest BCUT2D eigenvalue weighted by Gasteiger charge is -2.00. The van der Waals surface area contributed by atoms with Crippen molar-refractivity contribution in [3.8, 4) is 0 Å². The second-order valence-electron chi connectivity index (χ2n) is 4.79. The molecule has 2 rings (SSSR count). The fourth-order valence-electron chi connectivity index (χ4n) is 1.89. The zero-order valence-corrected chi connectivity index (χ0v) is 12.2. The van der Waals surface area contributed by atoms with Gasteiger partial charge in [0.1, 0.15) is 0 Å². The van der Waals surface area contributed by atoms with Crippen LogP contribution in [0, 0.1) is 6.92 Å². The van der Waals surface area contributed by atoms with E-state index in [2.05, 4.69) is 48.3 Å². The van der Waals surface area contributed by atoms with Gasteiger partial charge in [-0.1, -0.05) is 48.3 Å². The Morgan fingerprint density at radius 1 is 1.21 bits per heavy atom. The molecular formula is C15H19ClN2O. The molecule has 3 nitrogen and oxygen atoms in total. The molecule has 0 spiro atoms. The number of rotatable bonds is 6. The summed E-state index contributed by atoms with van der Waals surface area (Å²) in [5.41, 5.74) is 2.55. The highest BCUT2D eigenvalue weighted by Gasteiger charge is 2.14. The van der Waals surface area contributed by atoms with Crippen molar-refractivity contribution in [3.05, 3.63) is 47.1 Å². The van der Waals surface area contributed by atoms with Crippen molar-refractivity contribution in [3.63, 3.8) is 0 Å². The molecule has 1 unspecified atom stereocenters. The highest BCUT2D eigenvalue weighted by molar-refractivity contribution is 6.20. The van der Waals surface area contributed by atoms with E-state index in [0.29, 0.717) is 11.7 Å². The maximum atomic E-state index is 6.17. The number of alkyl halides is 1. The monoisotopic (exact) mass is 278 g/mol. The van der Waals surface area contributed by atoms with Crippen LogP contribution in [-0.2, 0) is 12.8 Å². The second kappa shape index (κ2) is 6.71. The number of halogens is 1. The zero-order valence-electron chi connectivity index (χ0n) is 11.4. The summed E-state index contributed by atoms with van der Waals surface area (Å²) in [7, 11) is 0. The van der Waals surface area contributed by atoms with E-state index in [1.807, 2.05) is 0 Å². The quantitative estimate of drug-likeness (QED) is 0.742. The van der Waals surface area contributed by atoms with E-state index >= 15 is 0 Å². The molecule has 0 fully saturated rings. The van der Waals surface area contributed by atoms with Crippen LogP contribution in [0.15, 0.2) is 28.8 Å². The lowest BCUT2D eigenvalue weighted by atomic mass is 10.1. The van der Waals surface area contributed by atoms with Crippen molar-refractivity contribution in [1.82, 2.24) is 10.1 Å². The summed E-state index contributed by atoms with van der Waals surface area (Å²) in [6.45, 7) is 4.18. The van der Waals surface area contributed by atoms with Gasteiger partial charge in [-0.3, -0.25) is 0 Å². The summed E-state index contributed by atoms with van der Waals surface area (Å²) in [6, 6.07) is 8.50. The Kier molecular flexibility index (Phi) is 4.97. The smallest absolute Gasteiger partial charge is 0.227 e. The van der Waals surface area contributed by atoms with Crippen molar-refractivity contribution < 1.29 is 4.52 Å². The Morgan fingerprint density at radius 2 is 1.95 bits per heavy atom. The molecule has 0 aliphatic heterocycles. The maximum absolute atomic E-state index is 6.17. The molecule has 0 amide bonds. The Bertz CT molecular complexity index is 507. The van der Waals surface area contributed by atoms with Gasteiger partial charge in [-0.15, -0.1) is 11.6 Å².